The fourth-order valence-corrected chi connectivity index (χ4v) is 2.02. The second kappa shape index (κ2) is 4.74. The molecule has 1 N–H and O–H groups in total. The van der Waals surface area contributed by atoms with Gasteiger partial charge >= 0.3 is 0 Å². The predicted molar refractivity (Wildman–Crippen MR) is 65.0 cm³/mol. The van der Waals surface area contributed by atoms with E-state index in [1.165, 1.54) is 0 Å². The third-order valence-electron chi connectivity index (χ3n) is 3.20. The highest BCUT2D eigenvalue weighted by Crippen LogP contribution is 2.35. The van der Waals surface area contributed by atoms with Gasteiger partial charge in [0.05, 0.1) is 12.6 Å². The molecule has 1 rings (SSSR count). The smallest absolute Gasteiger partial charge is 0.225 e. The average molecular weight is 227 g/mol. The summed E-state index contributed by atoms with van der Waals surface area (Å²) in [5, 5.41) is 9.55. The quantitative estimate of drug-likeness (QED) is 0.798. The van der Waals surface area contributed by atoms with Gasteiger partial charge in [0.25, 0.3) is 0 Å². The minimum atomic E-state index is -0.0676. The first-order valence-electron chi connectivity index (χ1n) is 6.22. The van der Waals surface area contributed by atoms with Crippen LogP contribution in [0.2, 0.25) is 0 Å². The summed E-state index contributed by atoms with van der Waals surface area (Å²) in [5.41, 5.74) is -0.0676. The SMILES string of the molecule is CC(C)C(=O)N(C1CC1)[C@H](CO)C(C)(C)C. The van der Waals surface area contributed by atoms with Crippen molar-refractivity contribution in [2.24, 2.45) is 11.3 Å². The highest BCUT2D eigenvalue weighted by Gasteiger charge is 2.42. The van der Waals surface area contributed by atoms with Crippen LogP contribution in [-0.4, -0.2) is 34.6 Å². The summed E-state index contributed by atoms with van der Waals surface area (Å²) >= 11 is 0. The maximum absolute atomic E-state index is 12.2. The molecule has 0 bridgehead atoms. The Morgan fingerprint density at radius 1 is 1.38 bits per heavy atom. The molecule has 1 aliphatic rings. The average Bonchev–Trinajstić information content (AvgIpc) is 2.93. The van der Waals surface area contributed by atoms with Gasteiger partial charge in [0.15, 0.2) is 0 Å². The van der Waals surface area contributed by atoms with Crippen molar-refractivity contribution in [2.75, 3.05) is 6.61 Å². The van der Waals surface area contributed by atoms with Crippen LogP contribution in [-0.2, 0) is 4.79 Å². The number of hydrogen-bond acceptors (Lipinski definition) is 2. The van der Waals surface area contributed by atoms with E-state index >= 15 is 0 Å². The second-order valence-electron chi connectivity index (χ2n) is 6.20. The van der Waals surface area contributed by atoms with Crippen molar-refractivity contribution in [3.05, 3.63) is 0 Å². The number of aliphatic hydroxyl groups excluding tert-OH is 1. The van der Waals surface area contributed by atoms with Crippen molar-refractivity contribution in [1.29, 1.82) is 0 Å². The van der Waals surface area contributed by atoms with Gasteiger partial charge in [-0.05, 0) is 18.3 Å². The summed E-state index contributed by atoms with van der Waals surface area (Å²) in [6.45, 7) is 10.1. The van der Waals surface area contributed by atoms with E-state index in [1.807, 2.05) is 18.7 Å². The first kappa shape index (κ1) is 13.5. The monoisotopic (exact) mass is 227 g/mol. The molecule has 1 amide bonds. The Morgan fingerprint density at radius 2 is 1.88 bits per heavy atom. The summed E-state index contributed by atoms with van der Waals surface area (Å²) in [7, 11) is 0. The topological polar surface area (TPSA) is 40.5 Å². The maximum Gasteiger partial charge on any atom is 0.225 e. The van der Waals surface area contributed by atoms with E-state index in [9.17, 15) is 9.90 Å². The largest absolute Gasteiger partial charge is 0.394 e. The van der Waals surface area contributed by atoms with Crippen LogP contribution in [0.3, 0.4) is 0 Å². The van der Waals surface area contributed by atoms with Crippen molar-refractivity contribution < 1.29 is 9.90 Å². The summed E-state index contributed by atoms with van der Waals surface area (Å²) in [5.74, 6) is 0.188. The molecular weight excluding hydrogens is 202 g/mol. The second-order valence-corrected chi connectivity index (χ2v) is 6.20. The number of nitrogens with zero attached hydrogens (tertiary/aromatic N) is 1. The lowest BCUT2D eigenvalue weighted by atomic mass is 9.85. The van der Waals surface area contributed by atoms with E-state index in [1.54, 1.807) is 0 Å². The van der Waals surface area contributed by atoms with Gasteiger partial charge in [0.1, 0.15) is 0 Å². The van der Waals surface area contributed by atoms with Crippen LogP contribution in [0.5, 0.6) is 0 Å². The Balaban J connectivity index is 2.87. The van der Waals surface area contributed by atoms with Crippen LogP contribution in [0.4, 0.5) is 0 Å². The standard InChI is InChI=1S/C13H25NO2/c1-9(2)12(16)14(10-6-7-10)11(8-15)13(3,4)5/h9-11,15H,6-8H2,1-5H3/t11-/m1/s1. The van der Waals surface area contributed by atoms with Crippen LogP contribution < -0.4 is 0 Å². The lowest BCUT2D eigenvalue weighted by Crippen LogP contribution is -2.52. The van der Waals surface area contributed by atoms with Gasteiger partial charge in [-0.25, -0.2) is 0 Å². The Hall–Kier alpha value is -0.570. The molecule has 0 spiro atoms. The van der Waals surface area contributed by atoms with Crippen molar-refractivity contribution in [3.63, 3.8) is 0 Å². The van der Waals surface area contributed by atoms with Gasteiger partial charge in [-0.2, -0.15) is 0 Å². The number of rotatable bonds is 4. The summed E-state index contributed by atoms with van der Waals surface area (Å²) in [4.78, 5) is 14.1. The molecule has 3 nitrogen and oxygen atoms in total. The van der Waals surface area contributed by atoms with E-state index in [0.29, 0.717) is 6.04 Å². The highest BCUT2D eigenvalue weighted by molar-refractivity contribution is 5.79. The normalized spacial score (nSPS) is 18.7. The number of carbonyl (C=O) groups is 1. The van der Waals surface area contributed by atoms with Crippen molar-refractivity contribution in [1.82, 2.24) is 4.90 Å². The minimum absolute atomic E-state index is 0.0111. The van der Waals surface area contributed by atoms with Gasteiger partial charge in [0, 0.05) is 12.0 Å². The molecule has 16 heavy (non-hydrogen) atoms. The predicted octanol–water partition coefficient (Wildman–Crippen LogP) is 2.04. The Kier molecular flexibility index (Phi) is 4.00. The summed E-state index contributed by atoms with van der Waals surface area (Å²) < 4.78 is 0. The molecule has 0 heterocycles. The van der Waals surface area contributed by atoms with E-state index in [0.717, 1.165) is 12.8 Å². The zero-order valence-corrected chi connectivity index (χ0v) is 11.2. The van der Waals surface area contributed by atoms with Crippen molar-refractivity contribution in [2.45, 2.75) is 59.5 Å². The van der Waals surface area contributed by atoms with Gasteiger partial charge in [0.2, 0.25) is 5.91 Å². The lowest BCUT2D eigenvalue weighted by molar-refractivity contribution is -0.141. The van der Waals surface area contributed by atoms with Crippen molar-refractivity contribution in [3.8, 4) is 0 Å². The zero-order valence-electron chi connectivity index (χ0n) is 11.2. The maximum atomic E-state index is 12.2. The third-order valence-corrected chi connectivity index (χ3v) is 3.20. The third kappa shape index (κ3) is 2.97. The van der Waals surface area contributed by atoms with E-state index in [-0.39, 0.29) is 29.9 Å². The minimum Gasteiger partial charge on any atom is -0.394 e. The number of hydrogen-bond donors (Lipinski definition) is 1. The van der Waals surface area contributed by atoms with Crippen LogP contribution in [0, 0.1) is 11.3 Å². The van der Waals surface area contributed by atoms with E-state index in [4.69, 9.17) is 0 Å². The molecule has 0 aromatic heterocycles. The van der Waals surface area contributed by atoms with E-state index in [2.05, 4.69) is 20.8 Å². The van der Waals surface area contributed by atoms with Gasteiger partial charge in [-0.15, -0.1) is 0 Å². The number of carbonyl (C=O) groups excluding carboxylic acids is 1. The fourth-order valence-electron chi connectivity index (χ4n) is 2.02. The summed E-state index contributed by atoms with van der Waals surface area (Å²) in [6, 6.07) is 0.307. The molecule has 1 aliphatic carbocycles. The van der Waals surface area contributed by atoms with Gasteiger partial charge in [-0.3, -0.25) is 4.79 Å². The number of aliphatic hydroxyl groups is 1. The Morgan fingerprint density at radius 3 is 2.12 bits per heavy atom. The lowest BCUT2D eigenvalue weighted by Gasteiger charge is -2.40. The van der Waals surface area contributed by atoms with Crippen LogP contribution in [0.15, 0.2) is 0 Å². The van der Waals surface area contributed by atoms with Crippen LogP contribution in [0.25, 0.3) is 0 Å². The molecular formula is C13H25NO2. The van der Waals surface area contributed by atoms with Gasteiger partial charge in [-0.1, -0.05) is 34.6 Å². The molecule has 94 valence electrons. The molecule has 0 radical (unpaired) electrons. The molecule has 3 heteroatoms. The van der Waals surface area contributed by atoms with Crippen LogP contribution >= 0.6 is 0 Å². The molecule has 1 atom stereocenters. The molecule has 0 unspecified atom stereocenters. The first-order chi connectivity index (χ1) is 7.29. The summed E-state index contributed by atoms with van der Waals surface area (Å²) in [6.07, 6.45) is 2.18. The molecule has 0 aromatic carbocycles. The van der Waals surface area contributed by atoms with E-state index < -0.39 is 0 Å². The molecule has 0 aliphatic heterocycles. The number of amides is 1. The molecule has 1 saturated carbocycles. The Labute approximate surface area is 98.8 Å². The fraction of sp³-hybridized carbons (Fsp3) is 0.923. The molecule has 0 aromatic rings. The molecule has 1 fully saturated rings. The highest BCUT2D eigenvalue weighted by atomic mass is 16.3. The zero-order chi connectivity index (χ0) is 12.5. The van der Waals surface area contributed by atoms with Crippen molar-refractivity contribution >= 4 is 5.91 Å². The van der Waals surface area contributed by atoms with Gasteiger partial charge < -0.3 is 10.0 Å². The first-order valence-corrected chi connectivity index (χ1v) is 6.22. The van der Waals surface area contributed by atoms with Crippen LogP contribution in [0.1, 0.15) is 47.5 Å². The Bertz CT molecular complexity index is 251. The molecule has 0 saturated heterocycles.